The summed E-state index contributed by atoms with van der Waals surface area (Å²) in [6.07, 6.45) is 1.16. The van der Waals surface area contributed by atoms with Gasteiger partial charge in [0.15, 0.2) is 0 Å². The molecule has 1 unspecified atom stereocenters. The summed E-state index contributed by atoms with van der Waals surface area (Å²) in [4.78, 5) is 2.43. The number of halogens is 1. The SMILES string of the molecule is CCC(C)N1CCNc2ccc(Cl)cc21. The molecule has 0 aromatic heterocycles. The Balaban J connectivity index is 2.36. The fraction of sp³-hybridized carbons (Fsp3) is 0.500. The van der Waals surface area contributed by atoms with Gasteiger partial charge in [0.2, 0.25) is 0 Å². The van der Waals surface area contributed by atoms with E-state index in [0.717, 1.165) is 24.5 Å². The maximum Gasteiger partial charge on any atom is 0.0619 e. The lowest BCUT2D eigenvalue weighted by atomic mass is 10.1. The second-order valence-electron chi connectivity index (χ2n) is 4.04. The Morgan fingerprint density at radius 3 is 3.07 bits per heavy atom. The molecule has 2 rings (SSSR count). The van der Waals surface area contributed by atoms with Crippen LogP contribution in [0.25, 0.3) is 0 Å². The first-order valence-electron chi connectivity index (χ1n) is 5.52. The first kappa shape index (κ1) is 10.6. The molecule has 1 aliphatic rings. The average Bonchev–Trinajstić information content (AvgIpc) is 2.27. The van der Waals surface area contributed by atoms with E-state index < -0.39 is 0 Å². The molecule has 0 radical (unpaired) electrons. The van der Waals surface area contributed by atoms with Crippen LogP contribution in [0.4, 0.5) is 11.4 Å². The molecule has 0 fully saturated rings. The van der Waals surface area contributed by atoms with Gasteiger partial charge in [0.05, 0.1) is 11.4 Å². The highest BCUT2D eigenvalue weighted by atomic mass is 35.5. The summed E-state index contributed by atoms with van der Waals surface area (Å²) in [6.45, 7) is 6.55. The van der Waals surface area contributed by atoms with Gasteiger partial charge < -0.3 is 10.2 Å². The fourth-order valence-corrected chi connectivity index (χ4v) is 2.17. The molecular formula is C12H17ClN2. The molecular weight excluding hydrogens is 208 g/mol. The molecule has 1 atom stereocenters. The van der Waals surface area contributed by atoms with Crippen molar-refractivity contribution < 1.29 is 0 Å². The summed E-state index contributed by atoms with van der Waals surface area (Å²) in [5.74, 6) is 0. The van der Waals surface area contributed by atoms with Crippen molar-refractivity contribution in [3.05, 3.63) is 23.2 Å². The minimum Gasteiger partial charge on any atom is -0.382 e. The van der Waals surface area contributed by atoms with Crippen molar-refractivity contribution in [1.29, 1.82) is 0 Å². The van der Waals surface area contributed by atoms with Crippen LogP contribution in [-0.2, 0) is 0 Å². The predicted octanol–water partition coefficient (Wildman–Crippen LogP) is 3.37. The smallest absolute Gasteiger partial charge is 0.0619 e. The minimum absolute atomic E-state index is 0.573. The number of nitrogens with one attached hydrogen (secondary N) is 1. The fourth-order valence-electron chi connectivity index (χ4n) is 2.00. The quantitative estimate of drug-likeness (QED) is 0.829. The Kier molecular flexibility index (Phi) is 3.06. The van der Waals surface area contributed by atoms with E-state index in [2.05, 4.69) is 36.2 Å². The van der Waals surface area contributed by atoms with Crippen LogP contribution in [-0.4, -0.2) is 19.1 Å². The van der Waals surface area contributed by atoms with Gasteiger partial charge in [-0.25, -0.2) is 0 Å². The molecule has 0 aliphatic carbocycles. The van der Waals surface area contributed by atoms with Gasteiger partial charge in [-0.2, -0.15) is 0 Å². The van der Waals surface area contributed by atoms with Crippen LogP contribution in [0.1, 0.15) is 20.3 Å². The molecule has 1 aromatic rings. The Labute approximate surface area is 96.2 Å². The van der Waals surface area contributed by atoms with E-state index in [0.29, 0.717) is 6.04 Å². The van der Waals surface area contributed by atoms with E-state index in [1.807, 2.05) is 6.07 Å². The van der Waals surface area contributed by atoms with E-state index >= 15 is 0 Å². The zero-order valence-electron chi connectivity index (χ0n) is 9.26. The molecule has 0 amide bonds. The van der Waals surface area contributed by atoms with E-state index in [-0.39, 0.29) is 0 Å². The van der Waals surface area contributed by atoms with E-state index in [1.165, 1.54) is 11.4 Å². The second-order valence-corrected chi connectivity index (χ2v) is 4.48. The van der Waals surface area contributed by atoms with Crippen LogP contribution in [0.15, 0.2) is 18.2 Å². The lowest BCUT2D eigenvalue weighted by Gasteiger charge is -2.36. The van der Waals surface area contributed by atoms with Gasteiger partial charge in [-0.1, -0.05) is 18.5 Å². The zero-order chi connectivity index (χ0) is 10.8. The number of anilines is 2. The Bertz CT molecular complexity index is 351. The van der Waals surface area contributed by atoms with E-state index in [9.17, 15) is 0 Å². The van der Waals surface area contributed by atoms with Crippen LogP contribution in [0, 0.1) is 0 Å². The summed E-state index contributed by atoms with van der Waals surface area (Å²) >= 11 is 6.04. The van der Waals surface area contributed by atoms with Crippen molar-refractivity contribution in [2.75, 3.05) is 23.3 Å². The van der Waals surface area contributed by atoms with Crippen molar-refractivity contribution in [3.8, 4) is 0 Å². The maximum absolute atomic E-state index is 6.04. The van der Waals surface area contributed by atoms with Crippen molar-refractivity contribution in [2.45, 2.75) is 26.3 Å². The third-order valence-electron chi connectivity index (χ3n) is 3.06. The molecule has 3 heteroatoms. The highest BCUT2D eigenvalue weighted by Gasteiger charge is 2.20. The predicted molar refractivity (Wildman–Crippen MR) is 67.0 cm³/mol. The standard InChI is InChI=1S/C12H17ClN2/c1-3-9(2)15-7-6-14-11-5-4-10(13)8-12(11)15/h4-5,8-9,14H,3,6-7H2,1-2H3. The first-order valence-corrected chi connectivity index (χ1v) is 5.90. The molecule has 1 aromatic carbocycles. The highest BCUT2D eigenvalue weighted by Crippen LogP contribution is 2.33. The third kappa shape index (κ3) is 2.05. The summed E-state index contributed by atoms with van der Waals surface area (Å²) in [7, 11) is 0. The lowest BCUT2D eigenvalue weighted by molar-refractivity contribution is 0.616. The van der Waals surface area contributed by atoms with Crippen LogP contribution in [0.3, 0.4) is 0 Å². The van der Waals surface area contributed by atoms with E-state index in [4.69, 9.17) is 11.6 Å². The third-order valence-corrected chi connectivity index (χ3v) is 3.30. The Morgan fingerprint density at radius 1 is 1.53 bits per heavy atom. The zero-order valence-corrected chi connectivity index (χ0v) is 10.0. The van der Waals surface area contributed by atoms with E-state index in [1.54, 1.807) is 0 Å². The average molecular weight is 225 g/mol. The summed E-state index contributed by atoms with van der Waals surface area (Å²) in [6, 6.07) is 6.62. The molecule has 0 saturated carbocycles. The number of hydrogen-bond acceptors (Lipinski definition) is 2. The van der Waals surface area contributed by atoms with Crippen LogP contribution in [0.2, 0.25) is 5.02 Å². The molecule has 2 nitrogen and oxygen atoms in total. The van der Waals surface area contributed by atoms with Crippen molar-refractivity contribution >= 4 is 23.0 Å². The number of hydrogen-bond donors (Lipinski definition) is 1. The summed E-state index contributed by atoms with van der Waals surface area (Å²) in [5.41, 5.74) is 2.44. The molecule has 1 heterocycles. The second kappa shape index (κ2) is 4.31. The molecule has 82 valence electrons. The maximum atomic E-state index is 6.04. The Morgan fingerprint density at radius 2 is 2.33 bits per heavy atom. The normalized spacial score (nSPS) is 16.9. The minimum atomic E-state index is 0.573. The van der Waals surface area contributed by atoms with Crippen molar-refractivity contribution in [1.82, 2.24) is 0 Å². The molecule has 1 aliphatic heterocycles. The van der Waals surface area contributed by atoms with Crippen molar-refractivity contribution in [3.63, 3.8) is 0 Å². The van der Waals surface area contributed by atoms with Crippen molar-refractivity contribution in [2.24, 2.45) is 0 Å². The lowest BCUT2D eigenvalue weighted by Crippen LogP contribution is -2.40. The van der Waals surface area contributed by atoms with Gasteiger partial charge in [0, 0.05) is 24.2 Å². The van der Waals surface area contributed by atoms with Gasteiger partial charge in [0.25, 0.3) is 0 Å². The van der Waals surface area contributed by atoms with Gasteiger partial charge in [-0.15, -0.1) is 0 Å². The Hall–Kier alpha value is -0.890. The molecule has 0 saturated heterocycles. The number of benzene rings is 1. The van der Waals surface area contributed by atoms with Gasteiger partial charge in [0.1, 0.15) is 0 Å². The van der Waals surface area contributed by atoms with Crippen LogP contribution < -0.4 is 10.2 Å². The van der Waals surface area contributed by atoms with Crippen LogP contribution >= 0.6 is 11.6 Å². The molecule has 15 heavy (non-hydrogen) atoms. The monoisotopic (exact) mass is 224 g/mol. The number of nitrogens with zero attached hydrogens (tertiary/aromatic N) is 1. The molecule has 0 spiro atoms. The van der Waals surface area contributed by atoms with Gasteiger partial charge >= 0.3 is 0 Å². The first-order chi connectivity index (χ1) is 7.22. The highest BCUT2D eigenvalue weighted by molar-refractivity contribution is 6.31. The molecule has 0 bridgehead atoms. The summed E-state index contributed by atoms with van der Waals surface area (Å²) in [5, 5.41) is 4.21. The summed E-state index contributed by atoms with van der Waals surface area (Å²) < 4.78 is 0. The number of rotatable bonds is 2. The van der Waals surface area contributed by atoms with Gasteiger partial charge in [-0.05, 0) is 31.5 Å². The topological polar surface area (TPSA) is 15.3 Å². The number of fused-ring (bicyclic) bond motifs is 1. The molecule has 1 N–H and O–H groups in total. The van der Waals surface area contributed by atoms with Gasteiger partial charge in [-0.3, -0.25) is 0 Å². The largest absolute Gasteiger partial charge is 0.382 e. The van der Waals surface area contributed by atoms with Crippen LogP contribution in [0.5, 0.6) is 0 Å².